The van der Waals surface area contributed by atoms with Crippen molar-refractivity contribution in [2.75, 3.05) is 18.9 Å². The lowest BCUT2D eigenvalue weighted by Gasteiger charge is -2.14. The van der Waals surface area contributed by atoms with Crippen LogP contribution in [-0.4, -0.2) is 39.3 Å². The topological polar surface area (TPSA) is 46.1 Å². The molecule has 0 saturated carbocycles. The van der Waals surface area contributed by atoms with E-state index in [4.69, 9.17) is 0 Å². The molecule has 0 spiro atoms. The van der Waals surface area contributed by atoms with Crippen molar-refractivity contribution >= 4 is 33.4 Å². The number of halogens is 1. The van der Waals surface area contributed by atoms with Crippen LogP contribution >= 0.6 is 27.5 Å². The summed E-state index contributed by atoms with van der Waals surface area (Å²) in [6.45, 7) is 0.738. The van der Waals surface area contributed by atoms with Crippen molar-refractivity contribution in [2.24, 2.45) is 0 Å². The number of rotatable bonds is 4. The van der Waals surface area contributed by atoms with Crippen molar-refractivity contribution < 1.29 is 4.79 Å². The first-order valence-corrected chi connectivity index (χ1v) is 5.80. The Kier molecular flexibility index (Phi) is 4.31. The van der Waals surface area contributed by atoms with E-state index in [1.54, 1.807) is 17.3 Å². The second kappa shape index (κ2) is 5.29. The summed E-state index contributed by atoms with van der Waals surface area (Å²) in [5.74, 6) is -0.0605. The van der Waals surface area contributed by atoms with Gasteiger partial charge in [-0.1, -0.05) is 20.4 Å². The maximum absolute atomic E-state index is 11.5. The average molecular weight is 264 g/mol. The molecule has 1 rings (SSSR count). The van der Waals surface area contributed by atoms with Gasteiger partial charge in [0.2, 0.25) is 0 Å². The monoisotopic (exact) mass is 263 g/mol. The summed E-state index contributed by atoms with van der Waals surface area (Å²) in [4.78, 5) is 13.2. The summed E-state index contributed by atoms with van der Waals surface area (Å²) in [5.41, 5.74) is 0.432. The molecule has 6 heteroatoms. The number of nitrogens with zero attached hydrogens (tertiary/aromatic N) is 3. The van der Waals surface area contributed by atoms with Crippen LogP contribution in [-0.2, 0) is 0 Å². The largest absolute Gasteiger partial charge is 0.340 e. The Labute approximate surface area is 89.2 Å². The number of alkyl halides is 1. The van der Waals surface area contributed by atoms with Crippen molar-refractivity contribution in [3.8, 4) is 0 Å². The van der Waals surface area contributed by atoms with E-state index >= 15 is 0 Å². The number of hydrogen-bond donors (Lipinski definition) is 0. The van der Waals surface area contributed by atoms with Crippen LogP contribution in [0.15, 0.2) is 5.38 Å². The highest BCUT2D eigenvalue weighted by Crippen LogP contribution is 2.02. The highest BCUT2D eigenvalue weighted by molar-refractivity contribution is 9.09. The molecule has 1 aromatic rings. The minimum Gasteiger partial charge on any atom is -0.340 e. The lowest BCUT2D eigenvalue weighted by molar-refractivity contribution is 0.0790. The van der Waals surface area contributed by atoms with Crippen LogP contribution in [0.4, 0.5) is 0 Å². The molecule has 0 radical (unpaired) electrons. The van der Waals surface area contributed by atoms with Crippen LogP contribution in [0.1, 0.15) is 16.9 Å². The Hall–Kier alpha value is -0.490. The van der Waals surface area contributed by atoms with E-state index in [0.29, 0.717) is 5.69 Å². The number of aromatic nitrogens is 2. The Bertz CT molecular complexity index is 265. The molecule has 1 amide bonds. The maximum atomic E-state index is 11.5. The first-order valence-electron chi connectivity index (χ1n) is 3.84. The minimum absolute atomic E-state index is 0.0605. The highest BCUT2D eigenvalue weighted by atomic mass is 79.9. The van der Waals surface area contributed by atoms with Gasteiger partial charge in [-0.3, -0.25) is 4.79 Å². The van der Waals surface area contributed by atoms with Gasteiger partial charge in [0.15, 0.2) is 5.69 Å². The Morgan fingerprint density at radius 2 is 2.54 bits per heavy atom. The molecule has 0 aliphatic rings. The van der Waals surface area contributed by atoms with Crippen LogP contribution in [0.3, 0.4) is 0 Å². The summed E-state index contributed by atoms with van der Waals surface area (Å²) < 4.78 is 3.64. The number of carbonyl (C=O) groups excluding carboxylic acids is 1. The fourth-order valence-corrected chi connectivity index (χ4v) is 1.53. The van der Waals surface area contributed by atoms with Gasteiger partial charge in [-0.25, -0.2) is 0 Å². The number of amides is 1. The van der Waals surface area contributed by atoms with Crippen LogP contribution in [0.2, 0.25) is 0 Å². The lowest BCUT2D eigenvalue weighted by Crippen LogP contribution is -2.28. The van der Waals surface area contributed by atoms with E-state index in [1.165, 1.54) is 11.5 Å². The van der Waals surface area contributed by atoms with Crippen molar-refractivity contribution in [1.82, 2.24) is 14.5 Å². The van der Waals surface area contributed by atoms with E-state index in [-0.39, 0.29) is 5.91 Å². The molecule has 0 saturated heterocycles. The molecule has 0 aliphatic heterocycles. The van der Waals surface area contributed by atoms with Crippen LogP contribution in [0.25, 0.3) is 0 Å². The molecule has 0 N–H and O–H groups in total. The van der Waals surface area contributed by atoms with Gasteiger partial charge in [0.25, 0.3) is 5.91 Å². The molecule has 72 valence electrons. The quantitative estimate of drug-likeness (QED) is 0.772. The molecule has 1 heterocycles. The van der Waals surface area contributed by atoms with Gasteiger partial charge in [0.05, 0.1) is 0 Å². The molecular formula is C7H10BrN3OS. The molecule has 0 aromatic carbocycles. The van der Waals surface area contributed by atoms with Crippen LogP contribution < -0.4 is 0 Å². The van der Waals surface area contributed by atoms with E-state index in [2.05, 4.69) is 25.5 Å². The predicted octanol–water partition coefficient (Wildman–Crippen LogP) is 1.40. The molecule has 0 unspecified atom stereocenters. The van der Waals surface area contributed by atoms with Gasteiger partial charge in [0.1, 0.15) is 0 Å². The maximum Gasteiger partial charge on any atom is 0.275 e. The fourth-order valence-electron chi connectivity index (χ4n) is 0.852. The molecule has 13 heavy (non-hydrogen) atoms. The summed E-state index contributed by atoms with van der Waals surface area (Å²) in [7, 11) is 1.77. The lowest BCUT2D eigenvalue weighted by atomic mass is 10.4. The number of carbonyl (C=O) groups is 1. The summed E-state index contributed by atoms with van der Waals surface area (Å²) in [5, 5.41) is 6.27. The summed E-state index contributed by atoms with van der Waals surface area (Å²) >= 11 is 4.50. The Morgan fingerprint density at radius 3 is 3.08 bits per heavy atom. The second-order valence-corrected chi connectivity index (χ2v) is 3.96. The first-order chi connectivity index (χ1) is 6.25. The fraction of sp³-hybridized carbons (Fsp3) is 0.571. The Morgan fingerprint density at radius 1 is 1.77 bits per heavy atom. The zero-order chi connectivity index (χ0) is 9.68. The van der Waals surface area contributed by atoms with Crippen molar-refractivity contribution in [3.05, 3.63) is 11.1 Å². The van der Waals surface area contributed by atoms with E-state index in [9.17, 15) is 4.79 Å². The molecule has 1 aromatic heterocycles. The van der Waals surface area contributed by atoms with Crippen LogP contribution in [0, 0.1) is 0 Å². The normalized spacial score (nSPS) is 10.0. The van der Waals surface area contributed by atoms with E-state index < -0.39 is 0 Å². The van der Waals surface area contributed by atoms with Gasteiger partial charge >= 0.3 is 0 Å². The van der Waals surface area contributed by atoms with Gasteiger partial charge in [0, 0.05) is 24.3 Å². The second-order valence-electron chi connectivity index (χ2n) is 2.56. The zero-order valence-electron chi connectivity index (χ0n) is 7.23. The summed E-state index contributed by atoms with van der Waals surface area (Å²) in [6, 6.07) is 0. The third-order valence-corrected chi connectivity index (χ3v) is 2.62. The van der Waals surface area contributed by atoms with Crippen molar-refractivity contribution in [2.45, 2.75) is 6.42 Å². The van der Waals surface area contributed by atoms with Gasteiger partial charge < -0.3 is 4.90 Å². The molecular weight excluding hydrogens is 254 g/mol. The van der Waals surface area contributed by atoms with Crippen molar-refractivity contribution in [3.63, 3.8) is 0 Å². The first kappa shape index (κ1) is 10.6. The van der Waals surface area contributed by atoms with E-state index in [0.717, 1.165) is 18.3 Å². The average Bonchev–Trinajstić information content (AvgIpc) is 2.65. The molecule has 4 nitrogen and oxygen atoms in total. The Balaban J connectivity index is 2.48. The third kappa shape index (κ3) is 3.04. The minimum atomic E-state index is -0.0605. The highest BCUT2D eigenvalue weighted by Gasteiger charge is 2.13. The molecule has 0 aliphatic carbocycles. The van der Waals surface area contributed by atoms with Gasteiger partial charge in [-0.05, 0) is 18.0 Å². The third-order valence-electron chi connectivity index (χ3n) is 1.55. The molecule has 0 atom stereocenters. The zero-order valence-corrected chi connectivity index (χ0v) is 9.64. The van der Waals surface area contributed by atoms with Crippen molar-refractivity contribution in [1.29, 1.82) is 0 Å². The molecule has 0 fully saturated rings. The van der Waals surface area contributed by atoms with Crippen LogP contribution in [0.5, 0.6) is 0 Å². The summed E-state index contributed by atoms with van der Waals surface area (Å²) in [6.07, 6.45) is 0.944. The van der Waals surface area contributed by atoms with E-state index in [1.807, 2.05) is 0 Å². The smallest absolute Gasteiger partial charge is 0.275 e. The number of hydrogen-bond acceptors (Lipinski definition) is 4. The van der Waals surface area contributed by atoms with Gasteiger partial charge in [-0.15, -0.1) is 5.10 Å². The standard InChI is InChI=1S/C7H10BrN3OS/c1-11(4-2-3-8)7(12)6-5-13-10-9-6/h5H,2-4H2,1H3. The molecule has 0 bridgehead atoms. The predicted molar refractivity (Wildman–Crippen MR) is 55.3 cm³/mol. The SMILES string of the molecule is CN(CCCBr)C(=O)c1csnn1. The van der Waals surface area contributed by atoms with Gasteiger partial charge in [-0.2, -0.15) is 0 Å².